The van der Waals surface area contributed by atoms with E-state index in [4.69, 9.17) is 27.9 Å². The van der Waals surface area contributed by atoms with Crippen molar-refractivity contribution in [1.29, 1.82) is 0 Å². The summed E-state index contributed by atoms with van der Waals surface area (Å²) in [4.78, 5) is 27.8. The van der Waals surface area contributed by atoms with Gasteiger partial charge in [-0.2, -0.15) is 0 Å². The largest absolute Gasteiger partial charge is 0.484 e. The Labute approximate surface area is 201 Å². The van der Waals surface area contributed by atoms with Crippen molar-refractivity contribution in [3.8, 4) is 5.75 Å². The molecule has 2 rings (SSSR count). The van der Waals surface area contributed by atoms with Crippen LogP contribution in [0.1, 0.15) is 50.3 Å². The van der Waals surface area contributed by atoms with Crippen LogP contribution in [0.15, 0.2) is 36.4 Å². The molecular formula is C25H32Cl2N2O3. The average molecular weight is 479 g/mol. The number of nitrogens with zero attached hydrogens (tertiary/aromatic N) is 1. The summed E-state index contributed by atoms with van der Waals surface area (Å²) >= 11 is 12.6. The van der Waals surface area contributed by atoms with Crippen molar-refractivity contribution in [1.82, 2.24) is 10.2 Å². The van der Waals surface area contributed by atoms with Crippen molar-refractivity contribution in [3.63, 3.8) is 0 Å². The lowest BCUT2D eigenvalue weighted by molar-refractivity contribution is -0.143. The molecule has 32 heavy (non-hydrogen) atoms. The van der Waals surface area contributed by atoms with E-state index >= 15 is 0 Å². The van der Waals surface area contributed by atoms with Crippen LogP contribution in [-0.4, -0.2) is 35.4 Å². The van der Waals surface area contributed by atoms with Gasteiger partial charge >= 0.3 is 0 Å². The van der Waals surface area contributed by atoms with Crippen LogP contribution in [0.2, 0.25) is 10.0 Å². The summed E-state index contributed by atoms with van der Waals surface area (Å²) in [6, 6.07) is 10.3. The van der Waals surface area contributed by atoms with Gasteiger partial charge in [0, 0.05) is 22.6 Å². The molecular weight excluding hydrogens is 447 g/mol. The normalized spacial score (nSPS) is 12.7. The number of benzene rings is 2. The van der Waals surface area contributed by atoms with Crippen molar-refractivity contribution >= 4 is 35.0 Å². The minimum absolute atomic E-state index is 0.0186. The molecule has 5 nitrogen and oxygen atoms in total. The van der Waals surface area contributed by atoms with Crippen molar-refractivity contribution < 1.29 is 14.3 Å². The fourth-order valence-electron chi connectivity index (χ4n) is 3.39. The fraction of sp³-hybridized carbons (Fsp3) is 0.440. The van der Waals surface area contributed by atoms with Gasteiger partial charge in [-0.25, -0.2) is 0 Å². The first-order chi connectivity index (χ1) is 15.2. The van der Waals surface area contributed by atoms with Gasteiger partial charge in [0.2, 0.25) is 5.91 Å². The molecule has 2 aromatic rings. The number of aryl methyl sites for hydroxylation is 2. The van der Waals surface area contributed by atoms with Gasteiger partial charge in [-0.1, -0.05) is 55.2 Å². The minimum atomic E-state index is -0.634. The Hall–Kier alpha value is -2.24. The second-order valence-electron chi connectivity index (χ2n) is 8.01. The molecule has 0 fully saturated rings. The second kappa shape index (κ2) is 12.1. The third-order valence-corrected chi connectivity index (χ3v) is 6.42. The Morgan fingerprint density at radius 2 is 1.69 bits per heavy atom. The molecule has 0 aromatic heterocycles. The monoisotopic (exact) mass is 478 g/mol. The molecule has 174 valence electrons. The minimum Gasteiger partial charge on any atom is -0.484 e. The van der Waals surface area contributed by atoms with Crippen molar-refractivity contribution in [3.05, 3.63) is 63.1 Å². The number of hydrogen-bond acceptors (Lipinski definition) is 3. The van der Waals surface area contributed by atoms with Crippen LogP contribution in [-0.2, 0) is 16.1 Å². The molecule has 0 saturated heterocycles. The molecule has 0 radical (unpaired) electrons. The molecule has 0 unspecified atom stereocenters. The molecule has 7 heteroatoms. The molecule has 2 amide bonds. The maximum absolute atomic E-state index is 13.3. The van der Waals surface area contributed by atoms with Crippen LogP contribution in [0.5, 0.6) is 5.75 Å². The van der Waals surface area contributed by atoms with Crippen LogP contribution in [0, 0.1) is 13.8 Å². The van der Waals surface area contributed by atoms with E-state index in [2.05, 4.69) is 5.32 Å². The average Bonchev–Trinajstić information content (AvgIpc) is 2.76. The summed E-state index contributed by atoms with van der Waals surface area (Å²) in [7, 11) is 0. The molecule has 0 aliphatic rings. The highest BCUT2D eigenvalue weighted by molar-refractivity contribution is 6.32. The van der Waals surface area contributed by atoms with E-state index in [1.54, 1.807) is 23.1 Å². The first kappa shape index (κ1) is 26.0. The summed E-state index contributed by atoms with van der Waals surface area (Å²) in [6.07, 6.45) is 1.27. The molecule has 2 aromatic carbocycles. The quantitative estimate of drug-likeness (QED) is 0.475. The highest BCUT2D eigenvalue weighted by Gasteiger charge is 2.30. The fourth-order valence-corrected chi connectivity index (χ4v) is 3.69. The summed E-state index contributed by atoms with van der Waals surface area (Å²) in [5, 5.41) is 4.22. The van der Waals surface area contributed by atoms with E-state index < -0.39 is 6.04 Å². The SMILES string of the molecule is CC[C@H](C)NC(=O)[C@H](CC)N(Cc1ccccc1Cl)C(=O)COc1cc(C)c(Cl)c(C)c1. The number of halogens is 2. The van der Waals surface area contributed by atoms with Gasteiger partial charge in [-0.05, 0) is 68.5 Å². The molecule has 0 aliphatic carbocycles. The lowest BCUT2D eigenvalue weighted by Crippen LogP contribution is -2.51. The van der Waals surface area contributed by atoms with Gasteiger partial charge in [0.25, 0.3) is 5.91 Å². The van der Waals surface area contributed by atoms with Gasteiger partial charge in [0.05, 0.1) is 0 Å². The number of ether oxygens (including phenoxy) is 1. The number of carbonyl (C=O) groups excluding carboxylic acids is 2. The van der Waals surface area contributed by atoms with E-state index in [1.807, 2.05) is 52.8 Å². The zero-order valence-corrected chi connectivity index (χ0v) is 20.9. The highest BCUT2D eigenvalue weighted by Crippen LogP contribution is 2.26. The first-order valence-electron chi connectivity index (χ1n) is 10.9. The Morgan fingerprint density at radius 3 is 2.25 bits per heavy atom. The van der Waals surface area contributed by atoms with Gasteiger partial charge < -0.3 is 15.0 Å². The Balaban J connectivity index is 2.26. The van der Waals surface area contributed by atoms with Gasteiger partial charge in [-0.15, -0.1) is 0 Å². The van der Waals surface area contributed by atoms with Crippen molar-refractivity contribution in [2.75, 3.05) is 6.61 Å². The highest BCUT2D eigenvalue weighted by atomic mass is 35.5. The molecule has 0 bridgehead atoms. The summed E-state index contributed by atoms with van der Waals surface area (Å²) in [5.74, 6) is 0.0920. The molecule has 0 saturated carbocycles. The van der Waals surface area contributed by atoms with E-state index in [0.717, 1.165) is 23.1 Å². The van der Waals surface area contributed by atoms with Crippen LogP contribution in [0.3, 0.4) is 0 Å². The third kappa shape index (κ3) is 6.88. The lowest BCUT2D eigenvalue weighted by atomic mass is 10.1. The zero-order valence-electron chi connectivity index (χ0n) is 19.4. The van der Waals surface area contributed by atoms with Crippen LogP contribution in [0.4, 0.5) is 0 Å². The van der Waals surface area contributed by atoms with Crippen molar-refractivity contribution in [2.45, 2.75) is 66.1 Å². The van der Waals surface area contributed by atoms with Crippen LogP contribution in [0.25, 0.3) is 0 Å². The second-order valence-corrected chi connectivity index (χ2v) is 8.80. The van der Waals surface area contributed by atoms with Gasteiger partial charge in [-0.3, -0.25) is 9.59 Å². The lowest BCUT2D eigenvalue weighted by Gasteiger charge is -2.31. The van der Waals surface area contributed by atoms with Crippen LogP contribution >= 0.6 is 23.2 Å². The number of amides is 2. The first-order valence-corrected chi connectivity index (χ1v) is 11.7. The van der Waals surface area contributed by atoms with E-state index in [0.29, 0.717) is 22.2 Å². The number of carbonyl (C=O) groups is 2. The summed E-state index contributed by atoms with van der Waals surface area (Å²) in [6.45, 7) is 9.63. The van der Waals surface area contributed by atoms with E-state index in [-0.39, 0.29) is 31.0 Å². The van der Waals surface area contributed by atoms with Gasteiger partial charge in [0.1, 0.15) is 11.8 Å². The Morgan fingerprint density at radius 1 is 1.06 bits per heavy atom. The smallest absolute Gasteiger partial charge is 0.261 e. The van der Waals surface area contributed by atoms with Crippen LogP contribution < -0.4 is 10.1 Å². The third-order valence-electron chi connectivity index (χ3n) is 5.46. The number of hydrogen-bond donors (Lipinski definition) is 1. The maximum Gasteiger partial charge on any atom is 0.261 e. The molecule has 0 heterocycles. The summed E-state index contributed by atoms with van der Waals surface area (Å²) in [5.41, 5.74) is 2.53. The Bertz CT molecular complexity index is 926. The van der Waals surface area contributed by atoms with Gasteiger partial charge in [0.15, 0.2) is 6.61 Å². The summed E-state index contributed by atoms with van der Waals surface area (Å²) < 4.78 is 5.80. The Kier molecular flexibility index (Phi) is 9.85. The topological polar surface area (TPSA) is 58.6 Å². The predicted octanol–water partition coefficient (Wildman–Crippen LogP) is 5.71. The molecule has 2 atom stereocenters. The van der Waals surface area contributed by atoms with E-state index in [1.165, 1.54) is 0 Å². The zero-order chi connectivity index (χ0) is 23.8. The standard InChI is InChI=1S/C25H32Cl2N2O3/c1-6-18(5)28-25(31)22(7-2)29(14-19-10-8-9-11-21(19)26)23(30)15-32-20-12-16(3)24(27)17(4)13-20/h8-13,18,22H,6-7,14-15H2,1-5H3,(H,28,31)/t18-,22-/m0/s1. The molecule has 1 N–H and O–H groups in total. The number of nitrogens with one attached hydrogen (secondary N) is 1. The predicted molar refractivity (Wildman–Crippen MR) is 130 cm³/mol. The molecule has 0 spiro atoms. The van der Waals surface area contributed by atoms with Crippen molar-refractivity contribution in [2.24, 2.45) is 0 Å². The maximum atomic E-state index is 13.3. The number of rotatable bonds is 10. The van der Waals surface area contributed by atoms with E-state index in [9.17, 15) is 9.59 Å². The molecule has 0 aliphatic heterocycles.